The van der Waals surface area contributed by atoms with Gasteiger partial charge in [-0.25, -0.2) is 4.99 Å². The van der Waals surface area contributed by atoms with Crippen LogP contribution in [-0.2, 0) is 11.3 Å². The summed E-state index contributed by atoms with van der Waals surface area (Å²) in [7, 11) is 0. The predicted molar refractivity (Wildman–Crippen MR) is 111 cm³/mol. The SMILES string of the molecule is CCNC(=NCc1cccc(OC(F)F)c1)N1CCCC(CC(N)=O)C1.I. The van der Waals surface area contributed by atoms with Crippen LogP contribution in [-0.4, -0.2) is 43.0 Å². The van der Waals surface area contributed by atoms with Crippen molar-refractivity contribution < 1.29 is 18.3 Å². The Morgan fingerprint density at radius 3 is 2.93 bits per heavy atom. The third kappa shape index (κ3) is 8.27. The number of nitrogens with two attached hydrogens (primary N) is 1. The number of carbonyl (C=O) groups is 1. The molecule has 1 heterocycles. The molecule has 0 saturated carbocycles. The fourth-order valence-corrected chi connectivity index (χ4v) is 3.12. The minimum atomic E-state index is -2.85. The monoisotopic (exact) mass is 496 g/mol. The zero-order chi connectivity index (χ0) is 18.9. The molecule has 1 fully saturated rings. The lowest BCUT2D eigenvalue weighted by molar-refractivity contribution is -0.119. The highest BCUT2D eigenvalue weighted by atomic mass is 127. The fraction of sp³-hybridized carbons (Fsp3) is 0.556. The van der Waals surface area contributed by atoms with Gasteiger partial charge in [0.15, 0.2) is 5.96 Å². The molecule has 0 aliphatic carbocycles. The number of halogens is 3. The van der Waals surface area contributed by atoms with Crippen molar-refractivity contribution in [3.8, 4) is 5.75 Å². The van der Waals surface area contributed by atoms with Crippen LogP contribution in [0.2, 0.25) is 0 Å². The van der Waals surface area contributed by atoms with Gasteiger partial charge in [-0.3, -0.25) is 4.79 Å². The largest absolute Gasteiger partial charge is 0.435 e. The summed E-state index contributed by atoms with van der Waals surface area (Å²) < 4.78 is 29.1. The molecular formula is C18H27F2IN4O2. The molecule has 0 bridgehead atoms. The maximum atomic E-state index is 12.3. The number of aliphatic imine (C=N–C) groups is 1. The molecule has 1 aromatic carbocycles. The molecule has 1 unspecified atom stereocenters. The van der Waals surface area contributed by atoms with Crippen molar-refractivity contribution in [3.63, 3.8) is 0 Å². The first-order valence-electron chi connectivity index (χ1n) is 8.83. The number of primary amides is 1. The second-order valence-electron chi connectivity index (χ2n) is 6.32. The number of hydrogen-bond acceptors (Lipinski definition) is 3. The van der Waals surface area contributed by atoms with Gasteiger partial charge in [0.05, 0.1) is 6.54 Å². The van der Waals surface area contributed by atoms with Gasteiger partial charge in [-0.15, -0.1) is 24.0 Å². The van der Waals surface area contributed by atoms with Gasteiger partial charge >= 0.3 is 6.61 Å². The molecule has 6 nitrogen and oxygen atoms in total. The van der Waals surface area contributed by atoms with Crippen LogP contribution >= 0.6 is 24.0 Å². The Morgan fingerprint density at radius 2 is 2.26 bits per heavy atom. The first-order valence-corrected chi connectivity index (χ1v) is 8.83. The van der Waals surface area contributed by atoms with Gasteiger partial charge in [-0.1, -0.05) is 12.1 Å². The Morgan fingerprint density at radius 1 is 1.48 bits per heavy atom. The zero-order valence-electron chi connectivity index (χ0n) is 15.4. The van der Waals surface area contributed by atoms with Gasteiger partial charge < -0.3 is 20.7 Å². The van der Waals surface area contributed by atoms with E-state index in [0.29, 0.717) is 19.5 Å². The number of likely N-dealkylation sites (tertiary alicyclic amines) is 1. The molecule has 2 rings (SSSR count). The molecule has 1 amide bonds. The fourth-order valence-electron chi connectivity index (χ4n) is 3.12. The first-order chi connectivity index (χ1) is 12.5. The minimum absolute atomic E-state index is 0. The van der Waals surface area contributed by atoms with Crippen LogP contribution in [0.5, 0.6) is 5.75 Å². The number of guanidine groups is 1. The lowest BCUT2D eigenvalue weighted by Crippen LogP contribution is -2.47. The molecule has 0 spiro atoms. The van der Waals surface area contributed by atoms with Crippen molar-refractivity contribution in [2.75, 3.05) is 19.6 Å². The molecule has 152 valence electrons. The Balaban J connectivity index is 0.00000364. The zero-order valence-corrected chi connectivity index (χ0v) is 17.7. The Labute approximate surface area is 175 Å². The second-order valence-corrected chi connectivity index (χ2v) is 6.32. The van der Waals surface area contributed by atoms with Crippen molar-refractivity contribution in [1.29, 1.82) is 0 Å². The summed E-state index contributed by atoms with van der Waals surface area (Å²) in [5.41, 5.74) is 6.10. The van der Waals surface area contributed by atoms with Crippen LogP contribution in [0.25, 0.3) is 0 Å². The molecule has 1 atom stereocenters. The van der Waals surface area contributed by atoms with Gasteiger partial charge in [0, 0.05) is 26.1 Å². The van der Waals surface area contributed by atoms with E-state index in [-0.39, 0.29) is 41.6 Å². The summed E-state index contributed by atoms with van der Waals surface area (Å²) in [6, 6.07) is 6.53. The molecule has 9 heteroatoms. The van der Waals surface area contributed by atoms with Crippen LogP contribution in [0.3, 0.4) is 0 Å². The number of rotatable bonds is 7. The van der Waals surface area contributed by atoms with Gasteiger partial charge in [0.2, 0.25) is 5.91 Å². The summed E-state index contributed by atoms with van der Waals surface area (Å²) in [6.07, 6.45) is 2.33. The van der Waals surface area contributed by atoms with E-state index in [2.05, 4.69) is 19.9 Å². The number of carbonyl (C=O) groups excluding carboxylic acids is 1. The Bertz CT molecular complexity index is 631. The van der Waals surface area contributed by atoms with Crippen molar-refractivity contribution in [1.82, 2.24) is 10.2 Å². The summed E-state index contributed by atoms with van der Waals surface area (Å²) in [5, 5.41) is 3.25. The van der Waals surface area contributed by atoms with Crippen molar-refractivity contribution in [2.24, 2.45) is 16.6 Å². The number of benzene rings is 1. The quantitative estimate of drug-likeness (QED) is 0.346. The summed E-state index contributed by atoms with van der Waals surface area (Å²) in [4.78, 5) is 17.9. The van der Waals surface area contributed by atoms with Crippen molar-refractivity contribution in [2.45, 2.75) is 39.3 Å². The predicted octanol–water partition coefficient (Wildman–Crippen LogP) is 2.96. The number of nitrogens with one attached hydrogen (secondary N) is 1. The molecule has 1 aliphatic rings. The van der Waals surface area contributed by atoms with Crippen LogP contribution in [0.15, 0.2) is 29.3 Å². The number of piperidine rings is 1. The highest BCUT2D eigenvalue weighted by Crippen LogP contribution is 2.20. The molecule has 1 aromatic rings. The van der Waals surface area contributed by atoms with Gasteiger partial charge in [0.25, 0.3) is 0 Å². The Kier molecular flexibility index (Phi) is 10.3. The number of ether oxygens (including phenoxy) is 1. The molecule has 27 heavy (non-hydrogen) atoms. The molecule has 3 N–H and O–H groups in total. The second kappa shape index (κ2) is 11.9. The molecule has 0 radical (unpaired) electrons. The van der Waals surface area contributed by atoms with E-state index < -0.39 is 6.61 Å². The van der Waals surface area contributed by atoms with E-state index in [1.807, 2.05) is 13.0 Å². The third-order valence-corrected chi connectivity index (χ3v) is 4.18. The topological polar surface area (TPSA) is 80.0 Å². The van der Waals surface area contributed by atoms with Crippen LogP contribution < -0.4 is 15.8 Å². The standard InChI is InChI=1S/C18H26F2N4O2.HI/c1-2-22-18(24-8-4-6-14(12-24)10-16(21)25)23-11-13-5-3-7-15(9-13)26-17(19)20;/h3,5,7,9,14,17H,2,4,6,8,10-12H2,1H3,(H2,21,25)(H,22,23);1H. The number of hydrogen-bond donors (Lipinski definition) is 2. The summed E-state index contributed by atoms with van der Waals surface area (Å²) >= 11 is 0. The molecule has 1 saturated heterocycles. The van der Waals surface area contributed by atoms with Gasteiger partial charge in [-0.05, 0) is 43.4 Å². The van der Waals surface area contributed by atoms with E-state index >= 15 is 0 Å². The minimum Gasteiger partial charge on any atom is -0.435 e. The maximum absolute atomic E-state index is 12.3. The lowest BCUT2D eigenvalue weighted by atomic mass is 9.95. The van der Waals surface area contributed by atoms with E-state index in [1.54, 1.807) is 12.1 Å². The third-order valence-electron chi connectivity index (χ3n) is 4.18. The average Bonchev–Trinajstić information content (AvgIpc) is 2.58. The summed E-state index contributed by atoms with van der Waals surface area (Å²) in [6.45, 7) is 1.78. The average molecular weight is 496 g/mol. The smallest absolute Gasteiger partial charge is 0.387 e. The van der Waals surface area contributed by atoms with Crippen molar-refractivity contribution in [3.05, 3.63) is 29.8 Å². The highest BCUT2D eigenvalue weighted by Gasteiger charge is 2.23. The number of amides is 1. The Hall–Kier alpha value is -1.65. The first kappa shape index (κ1) is 23.4. The van der Waals surface area contributed by atoms with E-state index in [1.165, 1.54) is 6.07 Å². The van der Waals surface area contributed by atoms with Gasteiger partial charge in [-0.2, -0.15) is 8.78 Å². The van der Waals surface area contributed by atoms with Crippen molar-refractivity contribution >= 4 is 35.8 Å². The van der Waals surface area contributed by atoms with E-state index in [4.69, 9.17) is 5.73 Å². The normalized spacial score (nSPS) is 17.4. The summed E-state index contributed by atoms with van der Waals surface area (Å²) in [5.74, 6) is 0.821. The molecular weight excluding hydrogens is 469 g/mol. The van der Waals surface area contributed by atoms with E-state index in [9.17, 15) is 13.6 Å². The van der Waals surface area contributed by atoms with Crippen LogP contribution in [0.1, 0.15) is 31.7 Å². The number of nitrogens with zero attached hydrogens (tertiary/aromatic N) is 2. The van der Waals surface area contributed by atoms with Gasteiger partial charge in [0.1, 0.15) is 5.75 Å². The number of alkyl halides is 2. The lowest BCUT2D eigenvalue weighted by Gasteiger charge is -2.34. The molecule has 1 aliphatic heterocycles. The van der Waals surface area contributed by atoms with Crippen LogP contribution in [0.4, 0.5) is 8.78 Å². The highest BCUT2D eigenvalue weighted by molar-refractivity contribution is 14.0. The van der Waals surface area contributed by atoms with Crippen LogP contribution in [0, 0.1) is 5.92 Å². The molecule has 0 aromatic heterocycles. The maximum Gasteiger partial charge on any atom is 0.387 e. The van der Waals surface area contributed by atoms with E-state index in [0.717, 1.165) is 37.5 Å².